The van der Waals surface area contributed by atoms with E-state index in [9.17, 15) is 50.8 Å². The number of ether oxygens (including phenoxy) is 4. The van der Waals surface area contributed by atoms with E-state index < -0.39 is 79.2 Å². The van der Waals surface area contributed by atoms with E-state index in [0.717, 1.165) is 18.2 Å². The van der Waals surface area contributed by atoms with Gasteiger partial charge in [0.1, 0.15) is 82.5 Å². The van der Waals surface area contributed by atoms with Crippen molar-refractivity contribution < 1.29 is 69.3 Å². The summed E-state index contributed by atoms with van der Waals surface area (Å²) in [6.07, 6.45) is -15.1. The van der Waals surface area contributed by atoms with Gasteiger partial charge in [-0.05, 0) is 19.1 Å². The molecule has 15 heteroatoms. The van der Waals surface area contributed by atoms with E-state index in [-0.39, 0.29) is 39.5 Å². The van der Waals surface area contributed by atoms with Gasteiger partial charge in [0, 0.05) is 24.3 Å². The fraction of sp³-hybridized carbons (Fsp3) is 0.444. The zero-order valence-corrected chi connectivity index (χ0v) is 21.9. The number of fused-ring (bicyclic) bond motifs is 1. The summed E-state index contributed by atoms with van der Waals surface area (Å²) in [6.45, 7) is 0.933. The molecular weight excluding hydrogens is 564 g/mol. The molecule has 0 aliphatic carbocycles. The standard InChI is InChI=1S/C27H30O15/c1-9-20(32)22(34)24(36)26(39-9)38-8-18-21(33)23(35)25(37)27(42-18)40-11-5-14(30)19-15(31)7-16(41-17(19)6-11)12-3-2-10(28)4-13(12)29/h2-7,9,18,20-30,32-37H,8H2,1H3. The van der Waals surface area contributed by atoms with E-state index in [4.69, 9.17) is 23.4 Å². The van der Waals surface area contributed by atoms with Crippen molar-refractivity contribution in [1.29, 1.82) is 0 Å². The van der Waals surface area contributed by atoms with Gasteiger partial charge in [-0.1, -0.05) is 0 Å². The van der Waals surface area contributed by atoms with Crippen LogP contribution in [0.25, 0.3) is 22.3 Å². The van der Waals surface area contributed by atoms with Gasteiger partial charge in [0.2, 0.25) is 6.29 Å². The van der Waals surface area contributed by atoms with Crippen molar-refractivity contribution in [1.82, 2.24) is 0 Å². The summed E-state index contributed by atoms with van der Waals surface area (Å²) in [5.74, 6) is -1.42. The molecule has 9 N–H and O–H groups in total. The molecule has 42 heavy (non-hydrogen) atoms. The van der Waals surface area contributed by atoms with Crippen molar-refractivity contribution in [3.8, 4) is 34.3 Å². The third-order valence-electron chi connectivity index (χ3n) is 7.18. The number of hydrogen-bond acceptors (Lipinski definition) is 15. The summed E-state index contributed by atoms with van der Waals surface area (Å²) in [4.78, 5) is 12.7. The number of aromatic hydroxyl groups is 3. The second-order valence-electron chi connectivity index (χ2n) is 10.1. The average Bonchev–Trinajstić information content (AvgIpc) is 2.93. The molecule has 228 valence electrons. The van der Waals surface area contributed by atoms with Crippen LogP contribution in [0.2, 0.25) is 0 Å². The molecule has 0 amide bonds. The monoisotopic (exact) mass is 594 g/mol. The molecule has 5 rings (SSSR count). The summed E-state index contributed by atoms with van der Waals surface area (Å²) >= 11 is 0. The quantitative estimate of drug-likeness (QED) is 0.159. The molecule has 2 aliphatic heterocycles. The zero-order chi connectivity index (χ0) is 30.5. The highest BCUT2D eigenvalue weighted by atomic mass is 16.7. The van der Waals surface area contributed by atoms with Crippen molar-refractivity contribution in [2.24, 2.45) is 0 Å². The van der Waals surface area contributed by atoms with Crippen LogP contribution in [-0.2, 0) is 14.2 Å². The molecule has 3 aromatic rings. The van der Waals surface area contributed by atoms with Crippen molar-refractivity contribution in [3.63, 3.8) is 0 Å². The molecular formula is C27H30O15. The molecule has 2 fully saturated rings. The van der Waals surface area contributed by atoms with E-state index in [2.05, 4.69) is 0 Å². The van der Waals surface area contributed by atoms with Gasteiger partial charge in [-0.2, -0.15) is 0 Å². The summed E-state index contributed by atoms with van der Waals surface area (Å²) in [5.41, 5.74) is -0.761. The highest BCUT2D eigenvalue weighted by molar-refractivity contribution is 5.86. The topological polar surface area (TPSA) is 249 Å². The molecule has 0 bridgehead atoms. The zero-order valence-electron chi connectivity index (χ0n) is 21.9. The average molecular weight is 595 g/mol. The molecule has 15 nitrogen and oxygen atoms in total. The van der Waals surface area contributed by atoms with Crippen LogP contribution >= 0.6 is 0 Å². The lowest BCUT2D eigenvalue weighted by Gasteiger charge is -2.42. The van der Waals surface area contributed by atoms with E-state index in [1.165, 1.54) is 25.1 Å². The number of hydrogen-bond donors (Lipinski definition) is 9. The molecule has 0 saturated carbocycles. The number of rotatable bonds is 6. The van der Waals surface area contributed by atoms with Gasteiger partial charge in [-0.15, -0.1) is 0 Å². The van der Waals surface area contributed by atoms with Crippen LogP contribution in [0.5, 0.6) is 23.0 Å². The van der Waals surface area contributed by atoms with Gasteiger partial charge < -0.3 is 69.3 Å². The summed E-state index contributed by atoms with van der Waals surface area (Å²) < 4.78 is 27.7. The molecule has 10 atom stereocenters. The van der Waals surface area contributed by atoms with E-state index in [1.807, 2.05) is 0 Å². The Morgan fingerprint density at radius 1 is 0.762 bits per heavy atom. The third-order valence-corrected chi connectivity index (χ3v) is 7.18. The van der Waals surface area contributed by atoms with Crippen molar-refractivity contribution in [2.45, 2.75) is 68.3 Å². The maximum Gasteiger partial charge on any atom is 0.229 e. The number of aliphatic hydroxyl groups excluding tert-OH is 6. The van der Waals surface area contributed by atoms with Crippen molar-refractivity contribution in [2.75, 3.05) is 6.61 Å². The van der Waals surface area contributed by atoms with Crippen LogP contribution < -0.4 is 10.2 Å². The smallest absolute Gasteiger partial charge is 0.229 e. The summed E-state index contributed by atoms with van der Waals surface area (Å²) in [6, 6.07) is 6.90. The van der Waals surface area contributed by atoms with Crippen LogP contribution in [0.15, 0.2) is 45.6 Å². The molecule has 2 saturated heterocycles. The summed E-state index contributed by atoms with van der Waals surface area (Å²) in [7, 11) is 0. The van der Waals surface area contributed by atoms with E-state index in [1.54, 1.807) is 0 Å². The van der Waals surface area contributed by atoms with Crippen LogP contribution in [0, 0.1) is 0 Å². The first-order valence-electron chi connectivity index (χ1n) is 12.9. The summed E-state index contributed by atoms with van der Waals surface area (Å²) in [5, 5.41) is 91.4. The van der Waals surface area contributed by atoms with Crippen LogP contribution in [0.1, 0.15) is 6.92 Å². The van der Waals surface area contributed by atoms with E-state index in [0.29, 0.717) is 0 Å². The molecule has 2 aromatic carbocycles. The number of phenolic OH excluding ortho intramolecular Hbond substituents is 3. The van der Waals surface area contributed by atoms with Crippen molar-refractivity contribution in [3.05, 3.63) is 46.6 Å². The Kier molecular flexibility index (Phi) is 8.30. The largest absolute Gasteiger partial charge is 0.508 e. The van der Waals surface area contributed by atoms with Crippen LogP contribution in [0.3, 0.4) is 0 Å². The van der Waals surface area contributed by atoms with Gasteiger partial charge in [0.15, 0.2) is 11.7 Å². The Hall–Kier alpha value is -3.51. The lowest BCUT2D eigenvalue weighted by Crippen LogP contribution is -2.61. The van der Waals surface area contributed by atoms with Gasteiger partial charge in [-0.3, -0.25) is 4.79 Å². The molecule has 10 unspecified atom stereocenters. The minimum absolute atomic E-state index is 0.0760. The number of phenols is 3. The van der Waals surface area contributed by atoms with Gasteiger partial charge in [0.05, 0.1) is 18.3 Å². The lowest BCUT2D eigenvalue weighted by molar-refractivity contribution is -0.318. The predicted octanol–water partition coefficient (Wildman–Crippen LogP) is -1.39. The second-order valence-corrected chi connectivity index (χ2v) is 10.1. The maximum absolute atomic E-state index is 12.7. The fourth-order valence-electron chi connectivity index (χ4n) is 4.80. The Morgan fingerprint density at radius 3 is 2.17 bits per heavy atom. The SMILES string of the molecule is CC1OC(OCC2OC(Oc3cc(O)c4c(=O)cc(-c5ccc(O)cc5O)oc4c3)C(O)C(O)C2O)C(O)C(O)C1O. The predicted molar refractivity (Wildman–Crippen MR) is 139 cm³/mol. The highest BCUT2D eigenvalue weighted by Gasteiger charge is 2.47. The van der Waals surface area contributed by atoms with Gasteiger partial charge >= 0.3 is 0 Å². The minimum atomic E-state index is -1.80. The number of benzene rings is 2. The first kappa shape index (κ1) is 30.0. The molecule has 0 spiro atoms. The van der Waals surface area contributed by atoms with Crippen molar-refractivity contribution >= 4 is 11.0 Å². The first-order chi connectivity index (χ1) is 19.8. The Bertz CT molecular complexity index is 1490. The van der Waals surface area contributed by atoms with Crippen LogP contribution in [-0.4, -0.2) is 114 Å². The van der Waals surface area contributed by atoms with E-state index >= 15 is 0 Å². The Morgan fingerprint density at radius 2 is 1.45 bits per heavy atom. The fourth-order valence-corrected chi connectivity index (χ4v) is 4.80. The Labute approximate surface area is 236 Å². The van der Waals surface area contributed by atoms with Crippen LogP contribution in [0.4, 0.5) is 0 Å². The maximum atomic E-state index is 12.7. The lowest BCUT2D eigenvalue weighted by atomic mass is 9.98. The molecule has 3 heterocycles. The second kappa shape index (κ2) is 11.6. The van der Waals surface area contributed by atoms with Gasteiger partial charge in [-0.25, -0.2) is 0 Å². The molecule has 2 aliphatic rings. The minimum Gasteiger partial charge on any atom is -0.508 e. The number of aliphatic hydroxyl groups is 6. The molecule has 1 aromatic heterocycles. The Balaban J connectivity index is 1.37. The normalized spacial score (nSPS) is 33.5. The highest BCUT2D eigenvalue weighted by Crippen LogP contribution is 2.36. The first-order valence-corrected chi connectivity index (χ1v) is 12.9. The third kappa shape index (κ3) is 5.61. The molecule has 0 radical (unpaired) electrons. The van der Waals surface area contributed by atoms with Gasteiger partial charge in [0.25, 0.3) is 0 Å².